The first kappa shape index (κ1) is 15.7. The maximum Gasteiger partial charge on any atom is 0.315 e. The summed E-state index contributed by atoms with van der Waals surface area (Å²) in [5, 5.41) is 10.5. The van der Waals surface area contributed by atoms with Gasteiger partial charge in [-0.1, -0.05) is 48.6 Å². The van der Waals surface area contributed by atoms with Crippen LogP contribution in [-0.4, -0.2) is 23.3 Å². The van der Waals surface area contributed by atoms with Crippen LogP contribution in [0, 0.1) is 0 Å². The number of amides is 2. The van der Waals surface area contributed by atoms with Crippen molar-refractivity contribution in [3.8, 4) is 0 Å². The summed E-state index contributed by atoms with van der Waals surface area (Å²) < 4.78 is 1.86. The van der Waals surface area contributed by atoms with Gasteiger partial charge >= 0.3 is 6.03 Å². The summed E-state index contributed by atoms with van der Waals surface area (Å²) >= 11 is 0. The molecule has 0 radical (unpaired) electrons. The van der Waals surface area contributed by atoms with Gasteiger partial charge in [-0.15, -0.1) is 0 Å². The summed E-state index contributed by atoms with van der Waals surface area (Å²) in [5.41, 5.74) is 2.08. The van der Waals surface area contributed by atoms with Crippen molar-refractivity contribution in [2.75, 3.05) is 6.54 Å². The van der Waals surface area contributed by atoms with Crippen LogP contribution in [0.4, 0.5) is 10.5 Å². The predicted molar refractivity (Wildman–Crippen MR) is 89.5 cm³/mol. The Labute approximate surface area is 137 Å². The first-order valence-electron chi connectivity index (χ1n) is 8.62. The summed E-state index contributed by atoms with van der Waals surface area (Å²) in [4.78, 5) is 11.9. The maximum absolute atomic E-state index is 11.9. The summed E-state index contributed by atoms with van der Waals surface area (Å²) in [7, 11) is 0. The normalized spacial score (nSPS) is 18.3. The molecule has 1 heterocycles. The number of carbonyl (C=O) groups is 1. The SMILES string of the molecule is O=C(NCCC1=C[N+](c2ccccc2)=N1)NC1CCCCCC1. The number of hydrogen-bond donors (Lipinski definition) is 2. The molecule has 0 unspecified atom stereocenters. The van der Waals surface area contributed by atoms with Crippen molar-refractivity contribution in [1.82, 2.24) is 10.6 Å². The molecule has 3 rings (SSSR count). The molecule has 2 N–H and O–H groups in total. The molecule has 122 valence electrons. The number of carbonyl (C=O) groups excluding carboxylic acids is 1. The highest BCUT2D eigenvalue weighted by molar-refractivity contribution is 5.74. The standard InChI is InChI=1S/C18H24N4O/c23-18(20-15-8-4-1-2-5-9-15)19-13-12-16-14-22(21-16)17-10-6-3-7-11-17/h3,6-7,10-11,14-15H,1-2,4-5,8-9,12-13H2,(H-,19,20,23)/p+1. The Morgan fingerprint density at radius 3 is 2.52 bits per heavy atom. The molecule has 23 heavy (non-hydrogen) atoms. The van der Waals surface area contributed by atoms with Crippen molar-refractivity contribution >= 4 is 11.7 Å². The third kappa shape index (κ3) is 4.65. The summed E-state index contributed by atoms with van der Waals surface area (Å²) in [5.74, 6) is 0. The Morgan fingerprint density at radius 1 is 1.13 bits per heavy atom. The fraction of sp³-hybridized carbons (Fsp3) is 0.500. The Hall–Kier alpha value is -2.17. The lowest BCUT2D eigenvalue weighted by atomic mass is 10.1. The zero-order chi connectivity index (χ0) is 15.9. The molecular weight excluding hydrogens is 288 g/mol. The molecule has 1 aliphatic carbocycles. The van der Waals surface area contributed by atoms with Gasteiger partial charge in [-0.25, -0.2) is 4.79 Å². The molecule has 5 nitrogen and oxygen atoms in total. The van der Waals surface area contributed by atoms with Gasteiger partial charge in [-0.3, -0.25) is 0 Å². The van der Waals surface area contributed by atoms with Crippen molar-refractivity contribution in [1.29, 1.82) is 0 Å². The molecule has 1 aromatic carbocycles. The van der Waals surface area contributed by atoms with E-state index in [9.17, 15) is 4.79 Å². The van der Waals surface area contributed by atoms with Gasteiger partial charge in [0, 0.05) is 36.3 Å². The van der Waals surface area contributed by atoms with E-state index in [1.807, 2.05) is 41.2 Å². The van der Waals surface area contributed by atoms with E-state index in [0.29, 0.717) is 12.6 Å². The van der Waals surface area contributed by atoms with Crippen LogP contribution >= 0.6 is 0 Å². The number of nitrogens with zero attached hydrogens (tertiary/aromatic N) is 2. The van der Waals surface area contributed by atoms with E-state index in [4.69, 9.17) is 0 Å². The minimum absolute atomic E-state index is 0.0447. The highest BCUT2D eigenvalue weighted by Gasteiger charge is 2.21. The monoisotopic (exact) mass is 313 g/mol. The van der Waals surface area contributed by atoms with E-state index >= 15 is 0 Å². The number of para-hydroxylation sites is 1. The zero-order valence-electron chi connectivity index (χ0n) is 13.5. The van der Waals surface area contributed by atoms with Gasteiger partial charge in [0.2, 0.25) is 11.9 Å². The molecule has 0 spiro atoms. The lowest BCUT2D eigenvalue weighted by molar-refractivity contribution is -0.461. The number of urea groups is 1. The van der Waals surface area contributed by atoms with E-state index in [1.165, 1.54) is 25.7 Å². The third-order valence-electron chi connectivity index (χ3n) is 4.39. The second-order valence-electron chi connectivity index (χ2n) is 6.24. The van der Waals surface area contributed by atoms with Gasteiger partial charge in [0.15, 0.2) is 5.70 Å². The van der Waals surface area contributed by atoms with Crippen LogP contribution in [0.5, 0.6) is 0 Å². The molecule has 0 atom stereocenters. The summed E-state index contributed by atoms with van der Waals surface area (Å²) in [6.45, 7) is 0.622. The van der Waals surface area contributed by atoms with Crippen molar-refractivity contribution in [3.05, 3.63) is 42.2 Å². The Bertz CT molecular complexity index is 586. The average Bonchev–Trinajstić information content (AvgIpc) is 2.79. The molecule has 1 saturated carbocycles. The number of rotatable bonds is 5. The van der Waals surface area contributed by atoms with E-state index < -0.39 is 0 Å². The summed E-state index contributed by atoms with van der Waals surface area (Å²) in [6.07, 6.45) is 10.1. The number of azo groups is 2. The van der Waals surface area contributed by atoms with E-state index in [-0.39, 0.29) is 6.03 Å². The summed E-state index contributed by atoms with van der Waals surface area (Å²) in [6, 6.07) is 10.3. The van der Waals surface area contributed by atoms with Gasteiger partial charge in [-0.05, 0) is 12.8 Å². The lowest BCUT2D eigenvalue weighted by Gasteiger charge is -2.16. The quantitative estimate of drug-likeness (QED) is 0.625. The van der Waals surface area contributed by atoms with Crippen molar-refractivity contribution in [2.24, 2.45) is 5.11 Å². The highest BCUT2D eigenvalue weighted by Crippen LogP contribution is 2.22. The molecule has 0 aromatic heterocycles. The maximum atomic E-state index is 11.9. The minimum Gasteiger partial charge on any atom is -0.338 e. The Balaban J connectivity index is 1.33. The number of benzene rings is 1. The van der Waals surface area contributed by atoms with Crippen LogP contribution < -0.4 is 10.6 Å². The second-order valence-corrected chi connectivity index (χ2v) is 6.24. The van der Waals surface area contributed by atoms with Gasteiger partial charge < -0.3 is 10.6 Å². The van der Waals surface area contributed by atoms with E-state index in [2.05, 4.69) is 15.7 Å². The number of hydrogen-bond acceptors (Lipinski definition) is 2. The Morgan fingerprint density at radius 2 is 1.83 bits per heavy atom. The van der Waals surface area contributed by atoms with E-state index in [1.54, 1.807) is 0 Å². The minimum atomic E-state index is -0.0447. The molecule has 5 heteroatoms. The average molecular weight is 313 g/mol. The predicted octanol–water partition coefficient (Wildman–Crippen LogP) is 4.05. The molecule has 0 bridgehead atoms. The van der Waals surface area contributed by atoms with Gasteiger partial charge in [0.25, 0.3) is 0 Å². The molecule has 1 aliphatic heterocycles. The zero-order valence-corrected chi connectivity index (χ0v) is 13.5. The molecule has 1 aromatic rings. The lowest BCUT2D eigenvalue weighted by Crippen LogP contribution is -2.42. The van der Waals surface area contributed by atoms with Crippen LogP contribution in [-0.2, 0) is 0 Å². The highest BCUT2D eigenvalue weighted by atomic mass is 16.2. The van der Waals surface area contributed by atoms with Gasteiger partial charge in [0.05, 0.1) is 0 Å². The van der Waals surface area contributed by atoms with Crippen LogP contribution in [0.15, 0.2) is 47.3 Å². The first-order chi connectivity index (χ1) is 11.3. The number of nitrogens with one attached hydrogen (secondary N) is 2. The van der Waals surface area contributed by atoms with Crippen LogP contribution in [0.1, 0.15) is 44.9 Å². The fourth-order valence-corrected chi connectivity index (χ4v) is 3.07. The van der Waals surface area contributed by atoms with Crippen molar-refractivity contribution in [2.45, 2.75) is 51.0 Å². The topological polar surface area (TPSA) is 56.5 Å². The van der Waals surface area contributed by atoms with Gasteiger partial charge in [-0.2, -0.15) is 0 Å². The fourth-order valence-electron chi connectivity index (χ4n) is 3.07. The Kier molecular flexibility index (Phi) is 5.40. The van der Waals surface area contributed by atoms with Crippen molar-refractivity contribution in [3.63, 3.8) is 0 Å². The second kappa shape index (κ2) is 7.90. The molecule has 0 saturated heterocycles. The smallest absolute Gasteiger partial charge is 0.315 e. The van der Waals surface area contributed by atoms with Crippen LogP contribution in [0.2, 0.25) is 0 Å². The molecule has 1 fully saturated rings. The largest absolute Gasteiger partial charge is 0.338 e. The first-order valence-corrected chi connectivity index (χ1v) is 8.62. The molecule has 2 amide bonds. The van der Waals surface area contributed by atoms with Crippen LogP contribution in [0.25, 0.3) is 0 Å². The van der Waals surface area contributed by atoms with Crippen LogP contribution in [0.3, 0.4) is 0 Å². The van der Waals surface area contributed by atoms with Crippen molar-refractivity contribution < 1.29 is 9.49 Å². The third-order valence-corrected chi connectivity index (χ3v) is 4.39. The van der Waals surface area contributed by atoms with Gasteiger partial charge in [0.1, 0.15) is 0 Å². The molecular formula is C18H25N4O+. The molecule has 2 aliphatic rings. The van der Waals surface area contributed by atoms with E-state index in [0.717, 1.165) is 30.6 Å².